The van der Waals surface area contributed by atoms with E-state index >= 15 is 0 Å². The van der Waals surface area contributed by atoms with Crippen LogP contribution in [0.4, 0.5) is 0 Å². The molecule has 2 aromatic carbocycles. The van der Waals surface area contributed by atoms with Gasteiger partial charge >= 0.3 is 0 Å². The fourth-order valence-electron chi connectivity index (χ4n) is 3.46. The maximum atomic E-state index is 12.4. The molecule has 0 unspecified atom stereocenters. The maximum absolute atomic E-state index is 12.4. The SMILES string of the molecule is CN1CCO[C@@H](CNC(=O)Cc2coc3ccc4ccccc4c23)C1. The predicted molar refractivity (Wildman–Crippen MR) is 97.7 cm³/mol. The summed E-state index contributed by atoms with van der Waals surface area (Å²) in [6.45, 7) is 3.05. The molecule has 130 valence electrons. The van der Waals surface area contributed by atoms with Gasteiger partial charge in [-0.3, -0.25) is 4.79 Å². The Kier molecular flexibility index (Phi) is 4.42. The third-order valence-corrected chi connectivity index (χ3v) is 4.76. The van der Waals surface area contributed by atoms with Crippen LogP contribution in [0.15, 0.2) is 47.1 Å². The number of benzene rings is 2. The van der Waals surface area contributed by atoms with Crippen molar-refractivity contribution in [1.29, 1.82) is 0 Å². The lowest BCUT2D eigenvalue weighted by atomic mass is 10.0. The Morgan fingerprint density at radius 1 is 1.28 bits per heavy atom. The van der Waals surface area contributed by atoms with Crippen molar-refractivity contribution in [3.63, 3.8) is 0 Å². The summed E-state index contributed by atoms with van der Waals surface area (Å²) in [5.74, 6) is -0.00698. The number of carbonyl (C=O) groups excluding carboxylic acids is 1. The number of hydrogen-bond acceptors (Lipinski definition) is 4. The van der Waals surface area contributed by atoms with E-state index in [1.807, 2.05) is 24.3 Å². The van der Waals surface area contributed by atoms with E-state index < -0.39 is 0 Å². The van der Waals surface area contributed by atoms with E-state index in [2.05, 4.69) is 29.4 Å². The normalized spacial score (nSPS) is 18.7. The van der Waals surface area contributed by atoms with E-state index in [4.69, 9.17) is 9.15 Å². The van der Waals surface area contributed by atoms with E-state index in [1.165, 1.54) is 0 Å². The van der Waals surface area contributed by atoms with Gasteiger partial charge in [-0.25, -0.2) is 0 Å². The summed E-state index contributed by atoms with van der Waals surface area (Å²) in [7, 11) is 2.07. The Balaban J connectivity index is 1.48. The second-order valence-electron chi connectivity index (χ2n) is 6.66. The highest BCUT2D eigenvalue weighted by atomic mass is 16.5. The molecule has 0 spiro atoms. The van der Waals surface area contributed by atoms with E-state index in [0.717, 1.165) is 47.0 Å². The molecule has 1 saturated heterocycles. The van der Waals surface area contributed by atoms with Gasteiger partial charge in [0.2, 0.25) is 5.91 Å². The highest BCUT2D eigenvalue weighted by Gasteiger charge is 2.19. The van der Waals surface area contributed by atoms with E-state index in [1.54, 1.807) is 6.26 Å². The molecule has 0 radical (unpaired) electrons. The fraction of sp³-hybridized carbons (Fsp3) is 0.350. The molecule has 25 heavy (non-hydrogen) atoms. The highest BCUT2D eigenvalue weighted by molar-refractivity contribution is 6.08. The second kappa shape index (κ2) is 6.86. The molecule has 0 aliphatic carbocycles. The molecule has 1 N–H and O–H groups in total. The molecule has 5 heteroatoms. The number of ether oxygens (including phenoxy) is 1. The quantitative estimate of drug-likeness (QED) is 0.794. The minimum Gasteiger partial charge on any atom is -0.464 e. The summed E-state index contributed by atoms with van der Waals surface area (Å²) >= 11 is 0. The van der Waals surface area contributed by atoms with Gasteiger partial charge in [-0.05, 0) is 23.9 Å². The largest absolute Gasteiger partial charge is 0.464 e. The molecule has 5 nitrogen and oxygen atoms in total. The Bertz CT molecular complexity index is 902. The molecular formula is C20H22N2O3. The number of nitrogens with one attached hydrogen (secondary N) is 1. The van der Waals surface area contributed by atoms with Crippen molar-refractivity contribution in [3.05, 3.63) is 48.2 Å². The number of nitrogens with zero attached hydrogens (tertiary/aromatic N) is 1. The minimum absolute atomic E-state index is 0.00698. The Labute approximate surface area is 146 Å². The fourth-order valence-corrected chi connectivity index (χ4v) is 3.46. The number of morpholine rings is 1. The van der Waals surface area contributed by atoms with Gasteiger partial charge in [0.25, 0.3) is 0 Å². The number of likely N-dealkylation sites (N-methyl/N-ethyl adjacent to an activating group) is 1. The van der Waals surface area contributed by atoms with Crippen LogP contribution in [0.25, 0.3) is 21.7 Å². The maximum Gasteiger partial charge on any atom is 0.224 e. The molecule has 1 fully saturated rings. The second-order valence-corrected chi connectivity index (χ2v) is 6.66. The summed E-state index contributed by atoms with van der Waals surface area (Å²) in [5, 5.41) is 6.29. The average molecular weight is 338 g/mol. The number of amides is 1. The molecule has 0 saturated carbocycles. The molecule has 1 atom stereocenters. The minimum atomic E-state index is -0.00698. The number of rotatable bonds is 4. The van der Waals surface area contributed by atoms with Gasteiger partial charge in [-0.1, -0.05) is 30.3 Å². The van der Waals surface area contributed by atoms with Crippen molar-refractivity contribution < 1.29 is 13.9 Å². The van der Waals surface area contributed by atoms with Gasteiger partial charge in [0.15, 0.2) is 0 Å². The van der Waals surface area contributed by atoms with E-state index in [9.17, 15) is 4.79 Å². The van der Waals surface area contributed by atoms with Gasteiger partial charge in [0, 0.05) is 30.6 Å². The van der Waals surface area contributed by atoms with Gasteiger partial charge < -0.3 is 19.4 Å². The summed E-state index contributed by atoms with van der Waals surface area (Å²) < 4.78 is 11.3. The molecule has 1 amide bonds. The van der Waals surface area contributed by atoms with Crippen LogP contribution in [0.2, 0.25) is 0 Å². The zero-order valence-corrected chi connectivity index (χ0v) is 14.3. The van der Waals surface area contributed by atoms with Gasteiger partial charge in [0.1, 0.15) is 5.58 Å². The summed E-state index contributed by atoms with van der Waals surface area (Å²) in [6.07, 6.45) is 2.06. The molecule has 1 aliphatic rings. The zero-order chi connectivity index (χ0) is 17.2. The molecule has 4 rings (SSSR count). The first kappa shape index (κ1) is 16.1. The lowest BCUT2D eigenvalue weighted by molar-refractivity contribution is -0.121. The third kappa shape index (κ3) is 3.38. The van der Waals surface area contributed by atoms with Crippen LogP contribution in [0.1, 0.15) is 5.56 Å². The first-order valence-electron chi connectivity index (χ1n) is 8.65. The van der Waals surface area contributed by atoms with E-state index in [0.29, 0.717) is 13.0 Å². The van der Waals surface area contributed by atoms with Gasteiger partial charge in [-0.15, -0.1) is 0 Å². The van der Waals surface area contributed by atoms with Crippen LogP contribution in [0.3, 0.4) is 0 Å². The van der Waals surface area contributed by atoms with Crippen LogP contribution >= 0.6 is 0 Å². The van der Waals surface area contributed by atoms with Crippen molar-refractivity contribution in [2.75, 3.05) is 33.3 Å². The van der Waals surface area contributed by atoms with Gasteiger partial charge in [0.05, 0.1) is 25.4 Å². The Hall–Kier alpha value is -2.37. The first-order chi connectivity index (χ1) is 12.2. The van der Waals surface area contributed by atoms with Crippen molar-refractivity contribution in [3.8, 4) is 0 Å². The van der Waals surface area contributed by atoms with Crippen molar-refractivity contribution in [2.45, 2.75) is 12.5 Å². The topological polar surface area (TPSA) is 54.7 Å². The molecule has 2 heterocycles. The summed E-state index contributed by atoms with van der Waals surface area (Å²) in [5.41, 5.74) is 1.74. The highest BCUT2D eigenvalue weighted by Crippen LogP contribution is 2.30. The van der Waals surface area contributed by atoms with Crippen LogP contribution in [0, 0.1) is 0 Å². The van der Waals surface area contributed by atoms with Crippen LogP contribution in [-0.2, 0) is 16.0 Å². The number of hydrogen-bond donors (Lipinski definition) is 1. The predicted octanol–water partition coefficient (Wildman–Crippen LogP) is 2.58. The van der Waals surface area contributed by atoms with Crippen molar-refractivity contribution in [1.82, 2.24) is 10.2 Å². The number of furan rings is 1. The molecule has 1 aromatic heterocycles. The lowest BCUT2D eigenvalue weighted by Crippen LogP contribution is -2.46. The van der Waals surface area contributed by atoms with Crippen LogP contribution in [-0.4, -0.2) is 50.2 Å². The standard InChI is InChI=1S/C20H22N2O3/c1-22-8-9-24-16(12-22)11-21-19(23)10-15-13-25-18-7-6-14-4-2-3-5-17(14)20(15)18/h2-7,13,16H,8-12H2,1H3,(H,21,23)/t16-/m0/s1. The van der Waals surface area contributed by atoms with Crippen molar-refractivity contribution in [2.24, 2.45) is 0 Å². The summed E-state index contributed by atoms with van der Waals surface area (Å²) in [6, 6.07) is 12.2. The molecular weight excluding hydrogens is 316 g/mol. The monoisotopic (exact) mass is 338 g/mol. The average Bonchev–Trinajstić information content (AvgIpc) is 3.03. The van der Waals surface area contributed by atoms with Crippen LogP contribution in [0.5, 0.6) is 0 Å². The smallest absolute Gasteiger partial charge is 0.224 e. The third-order valence-electron chi connectivity index (χ3n) is 4.76. The Morgan fingerprint density at radius 3 is 3.04 bits per heavy atom. The van der Waals surface area contributed by atoms with Crippen LogP contribution < -0.4 is 5.32 Å². The number of carbonyl (C=O) groups is 1. The first-order valence-corrected chi connectivity index (χ1v) is 8.65. The van der Waals surface area contributed by atoms with Gasteiger partial charge in [-0.2, -0.15) is 0 Å². The van der Waals surface area contributed by atoms with Crippen molar-refractivity contribution >= 4 is 27.6 Å². The zero-order valence-electron chi connectivity index (χ0n) is 14.3. The number of fused-ring (bicyclic) bond motifs is 3. The molecule has 1 aliphatic heterocycles. The molecule has 3 aromatic rings. The lowest BCUT2D eigenvalue weighted by Gasteiger charge is -2.30. The summed E-state index contributed by atoms with van der Waals surface area (Å²) in [4.78, 5) is 14.6. The molecule has 0 bridgehead atoms. The van der Waals surface area contributed by atoms with E-state index in [-0.39, 0.29) is 12.0 Å². The Morgan fingerprint density at radius 2 is 2.16 bits per heavy atom.